The van der Waals surface area contributed by atoms with E-state index in [2.05, 4.69) is 33.6 Å². The van der Waals surface area contributed by atoms with Gasteiger partial charge in [-0.25, -0.2) is 0 Å². The molecule has 7 nitrogen and oxygen atoms in total. The zero-order chi connectivity index (χ0) is 28.1. The molecule has 8 heteroatoms. The summed E-state index contributed by atoms with van der Waals surface area (Å²) >= 11 is 2.23. The topological polar surface area (TPSA) is 79.3 Å². The molecule has 0 aliphatic carbocycles. The van der Waals surface area contributed by atoms with E-state index in [-0.39, 0.29) is 11.3 Å². The van der Waals surface area contributed by atoms with Gasteiger partial charge >= 0.3 is 0 Å². The highest BCUT2D eigenvalue weighted by Crippen LogP contribution is 2.39. The third-order valence-corrected chi connectivity index (χ3v) is 8.04. The van der Waals surface area contributed by atoms with Crippen molar-refractivity contribution < 1.29 is 24.2 Å². The van der Waals surface area contributed by atoms with Crippen LogP contribution in [0.1, 0.15) is 34.7 Å². The largest absolute Gasteiger partial charge is 0.507 e. The van der Waals surface area contributed by atoms with E-state index in [0.717, 1.165) is 40.8 Å². The number of amides is 1. The van der Waals surface area contributed by atoms with Crippen molar-refractivity contribution in [2.24, 2.45) is 0 Å². The number of ether oxygens (including phenoxy) is 2. The van der Waals surface area contributed by atoms with Crippen LogP contribution in [-0.2, 0) is 20.9 Å². The highest BCUT2D eigenvalue weighted by Gasteiger charge is 2.45. The number of rotatable bonds is 9. The molecular formula is C32H33IN2O5. The van der Waals surface area contributed by atoms with Gasteiger partial charge in [-0.2, -0.15) is 0 Å². The number of hydrogen-bond donors (Lipinski definition) is 1. The van der Waals surface area contributed by atoms with E-state index in [0.29, 0.717) is 37.7 Å². The highest BCUT2D eigenvalue weighted by molar-refractivity contribution is 14.1. The van der Waals surface area contributed by atoms with Crippen molar-refractivity contribution >= 4 is 40.0 Å². The second kappa shape index (κ2) is 13.0. The van der Waals surface area contributed by atoms with Gasteiger partial charge in [0.15, 0.2) is 0 Å². The van der Waals surface area contributed by atoms with E-state index in [1.807, 2.05) is 49.4 Å². The quantitative estimate of drug-likeness (QED) is 0.146. The minimum Gasteiger partial charge on any atom is -0.507 e. The first-order valence-corrected chi connectivity index (χ1v) is 14.6. The van der Waals surface area contributed by atoms with Gasteiger partial charge in [0, 0.05) is 35.3 Å². The number of aryl methyl sites for hydroxylation is 1. The predicted molar refractivity (Wildman–Crippen MR) is 162 cm³/mol. The molecule has 3 aromatic rings. The standard InChI is InChI=1S/C32H33IN2O5/c1-22-4-2-5-23(20-22)21-40-27-12-8-25(9-13-27)30(36)28-29(24-6-10-26(33)11-7-24)35(32(38)31(28)37)15-3-14-34-16-18-39-19-17-34/h2,4-13,20,29,36H,3,14-19,21H2,1H3/b30-28+. The monoisotopic (exact) mass is 652 g/mol. The summed E-state index contributed by atoms with van der Waals surface area (Å²) in [4.78, 5) is 30.5. The molecule has 208 valence electrons. The number of ketones is 1. The van der Waals surface area contributed by atoms with Gasteiger partial charge in [-0.3, -0.25) is 14.5 Å². The van der Waals surface area contributed by atoms with Crippen LogP contribution in [0.3, 0.4) is 0 Å². The maximum Gasteiger partial charge on any atom is 0.295 e. The minimum atomic E-state index is -0.660. The number of nitrogens with zero attached hydrogens (tertiary/aromatic N) is 2. The fourth-order valence-electron chi connectivity index (χ4n) is 5.22. The van der Waals surface area contributed by atoms with Gasteiger partial charge in [0.05, 0.1) is 24.8 Å². The Kier molecular flexibility index (Phi) is 9.18. The molecule has 0 saturated carbocycles. The van der Waals surface area contributed by atoms with Crippen molar-refractivity contribution in [1.29, 1.82) is 0 Å². The second-order valence-electron chi connectivity index (χ2n) is 10.2. The van der Waals surface area contributed by atoms with Gasteiger partial charge in [-0.1, -0.05) is 42.0 Å². The normalized spacial score (nSPS) is 19.2. The van der Waals surface area contributed by atoms with Gasteiger partial charge in [0.1, 0.15) is 18.1 Å². The molecule has 40 heavy (non-hydrogen) atoms. The molecule has 2 aliphatic rings. The van der Waals surface area contributed by atoms with Gasteiger partial charge in [-0.15, -0.1) is 0 Å². The number of halogens is 1. The fourth-order valence-corrected chi connectivity index (χ4v) is 5.58. The number of aliphatic hydroxyl groups excluding tert-OH is 1. The number of Topliss-reactive ketones (excluding diaryl/α,β-unsaturated/α-hetero) is 1. The molecule has 0 aromatic heterocycles. The number of hydrogen-bond acceptors (Lipinski definition) is 6. The molecule has 2 heterocycles. The van der Waals surface area contributed by atoms with Gasteiger partial charge in [0.2, 0.25) is 0 Å². The molecule has 1 N–H and O–H groups in total. The predicted octanol–water partition coefficient (Wildman–Crippen LogP) is 5.32. The van der Waals surface area contributed by atoms with Crippen LogP contribution in [0.4, 0.5) is 0 Å². The van der Waals surface area contributed by atoms with E-state index in [9.17, 15) is 14.7 Å². The summed E-state index contributed by atoms with van der Waals surface area (Å²) in [7, 11) is 0. The Balaban J connectivity index is 1.38. The maximum atomic E-state index is 13.3. The molecule has 0 bridgehead atoms. The van der Waals surface area contributed by atoms with E-state index < -0.39 is 17.7 Å². The van der Waals surface area contributed by atoms with Crippen LogP contribution in [-0.4, -0.2) is 66.0 Å². The smallest absolute Gasteiger partial charge is 0.295 e. The van der Waals surface area contributed by atoms with Crippen LogP contribution >= 0.6 is 22.6 Å². The van der Waals surface area contributed by atoms with E-state index in [1.165, 1.54) is 5.56 Å². The molecule has 1 amide bonds. The number of benzene rings is 3. The van der Waals surface area contributed by atoms with Crippen LogP contribution < -0.4 is 4.74 Å². The second-order valence-corrected chi connectivity index (χ2v) is 11.4. The first-order valence-electron chi connectivity index (χ1n) is 13.5. The van der Waals surface area contributed by atoms with Crippen molar-refractivity contribution in [1.82, 2.24) is 9.80 Å². The lowest BCUT2D eigenvalue weighted by atomic mass is 9.95. The number of morpholine rings is 1. The van der Waals surface area contributed by atoms with Gasteiger partial charge in [-0.05, 0) is 83.5 Å². The van der Waals surface area contributed by atoms with Crippen molar-refractivity contribution in [2.45, 2.75) is 26.0 Å². The molecule has 2 fully saturated rings. The highest BCUT2D eigenvalue weighted by atomic mass is 127. The molecule has 2 aliphatic heterocycles. The molecule has 0 radical (unpaired) electrons. The first-order chi connectivity index (χ1) is 19.4. The third-order valence-electron chi connectivity index (χ3n) is 7.32. The number of carbonyl (C=O) groups is 2. The summed E-state index contributed by atoms with van der Waals surface area (Å²) in [5, 5.41) is 11.4. The molecule has 0 spiro atoms. The summed E-state index contributed by atoms with van der Waals surface area (Å²) in [6.07, 6.45) is 0.723. The van der Waals surface area contributed by atoms with E-state index in [1.54, 1.807) is 29.2 Å². The molecular weight excluding hydrogens is 619 g/mol. The summed E-state index contributed by atoms with van der Waals surface area (Å²) in [5.74, 6) is -0.768. The van der Waals surface area contributed by atoms with Crippen molar-refractivity contribution in [2.75, 3.05) is 39.4 Å². The molecule has 1 atom stereocenters. The maximum absolute atomic E-state index is 13.3. The SMILES string of the molecule is Cc1cccc(COc2ccc(/C(O)=C3\C(=O)C(=O)N(CCCN4CCOCC4)C3c3ccc(I)cc3)cc2)c1. The summed E-state index contributed by atoms with van der Waals surface area (Å²) in [5.41, 5.74) is 3.61. The lowest BCUT2D eigenvalue weighted by Crippen LogP contribution is -2.38. The van der Waals surface area contributed by atoms with E-state index in [4.69, 9.17) is 9.47 Å². The molecule has 2 saturated heterocycles. The Morgan fingerprint density at radius 2 is 1.73 bits per heavy atom. The van der Waals surface area contributed by atoms with Crippen molar-refractivity contribution in [3.63, 3.8) is 0 Å². The Morgan fingerprint density at radius 1 is 1.00 bits per heavy atom. The Hall–Kier alpha value is -3.21. The molecule has 5 rings (SSSR count). The number of likely N-dealkylation sites (tertiary alicyclic amines) is 1. The van der Waals surface area contributed by atoms with Crippen molar-refractivity contribution in [3.05, 3.63) is 104 Å². The lowest BCUT2D eigenvalue weighted by molar-refractivity contribution is -0.140. The van der Waals surface area contributed by atoms with E-state index >= 15 is 0 Å². The Bertz CT molecular complexity index is 1380. The number of carbonyl (C=O) groups excluding carboxylic acids is 2. The lowest BCUT2D eigenvalue weighted by Gasteiger charge is -2.29. The zero-order valence-electron chi connectivity index (χ0n) is 22.5. The Labute approximate surface area is 248 Å². The summed E-state index contributed by atoms with van der Waals surface area (Å²) < 4.78 is 12.4. The average Bonchev–Trinajstić information content (AvgIpc) is 3.22. The van der Waals surface area contributed by atoms with Gasteiger partial charge < -0.3 is 19.5 Å². The third kappa shape index (κ3) is 6.56. The number of aliphatic hydroxyl groups is 1. The molecule has 1 unspecified atom stereocenters. The van der Waals surface area contributed by atoms with Crippen molar-refractivity contribution in [3.8, 4) is 5.75 Å². The van der Waals surface area contributed by atoms with Crippen LogP contribution in [0.5, 0.6) is 5.75 Å². The van der Waals surface area contributed by atoms with Crippen LogP contribution in [0, 0.1) is 10.5 Å². The minimum absolute atomic E-state index is 0.117. The average molecular weight is 653 g/mol. The fraction of sp³-hybridized carbons (Fsp3) is 0.312. The first kappa shape index (κ1) is 28.3. The van der Waals surface area contributed by atoms with Crippen LogP contribution in [0.2, 0.25) is 0 Å². The summed E-state index contributed by atoms with van der Waals surface area (Å²) in [6.45, 7) is 6.85. The summed E-state index contributed by atoms with van der Waals surface area (Å²) in [6, 6.07) is 22.2. The molecule has 3 aromatic carbocycles. The Morgan fingerprint density at radius 3 is 2.42 bits per heavy atom. The zero-order valence-corrected chi connectivity index (χ0v) is 24.7. The van der Waals surface area contributed by atoms with Gasteiger partial charge in [0.25, 0.3) is 11.7 Å². The van der Waals surface area contributed by atoms with Crippen LogP contribution in [0.15, 0.2) is 78.4 Å². The van der Waals surface area contributed by atoms with Crippen LogP contribution in [0.25, 0.3) is 5.76 Å².